The van der Waals surface area contributed by atoms with Gasteiger partial charge in [-0.05, 0) is 32.6 Å². The molecule has 0 aliphatic carbocycles. The molecule has 6 heteroatoms. The molecule has 2 aliphatic rings. The average molecular weight is 297 g/mol. The molecule has 2 unspecified atom stereocenters. The molecule has 0 aromatic rings. The van der Waals surface area contributed by atoms with Gasteiger partial charge in [0.15, 0.2) is 0 Å². The molecule has 0 aromatic heterocycles. The number of nitrogens with two attached hydrogens (primary N) is 1. The quantitative estimate of drug-likeness (QED) is 0.794. The fourth-order valence-electron chi connectivity index (χ4n) is 2.89. The van der Waals surface area contributed by atoms with Crippen LogP contribution in [0.2, 0.25) is 0 Å². The first-order valence-electron chi connectivity index (χ1n) is 8.01. The Bertz CT molecular complexity index is 359. The summed E-state index contributed by atoms with van der Waals surface area (Å²) in [6.45, 7) is 5.16. The Morgan fingerprint density at radius 1 is 1.24 bits per heavy atom. The third kappa shape index (κ3) is 4.68. The zero-order valence-electron chi connectivity index (χ0n) is 12.9. The number of ether oxygens (including phenoxy) is 1. The summed E-state index contributed by atoms with van der Waals surface area (Å²) in [5.41, 5.74) is 5.69. The summed E-state index contributed by atoms with van der Waals surface area (Å²) in [6, 6.07) is 0.152. The van der Waals surface area contributed by atoms with Crippen LogP contribution in [0.1, 0.15) is 39.0 Å². The van der Waals surface area contributed by atoms with Gasteiger partial charge in [-0.2, -0.15) is 0 Å². The minimum atomic E-state index is -0.252. The Kier molecular flexibility index (Phi) is 5.99. The first-order valence-corrected chi connectivity index (χ1v) is 8.01. The van der Waals surface area contributed by atoms with E-state index in [1.165, 1.54) is 0 Å². The van der Waals surface area contributed by atoms with Crippen LogP contribution < -0.4 is 5.73 Å². The maximum atomic E-state index is 12.2. The maximum absolute atomic E-state index is 12.2. The van der Waals surface area contributed by atoms with Crippen molar-refractivity contribution in [1.29, 1.82) is 0 Å². The normalized spacial score (nSPS) is 24.2. The zero-order chi connectivity index (χ0) is 15.2. The van der Waals surface area contributed by atoms with Crippen LogP contribution in [0.4, 0.5) is 0 Å². The summed E-state index contributed by atoms with van der Waals surface area (Å²) in [5.74, 6) is 0.274. The molecule has 6 nitrogen and oxygen atoms in total. The van der Waals surface area contributed by atoms with Crippen molar-refractivity contribution in [3.05, 3.63) is 0 Å². The first-order chi connectivity index (χ1) is 10.1. The van der Waals surface area contributed by atoms with Crippen LogP contribution >= 0.6 is 0 Å². The van der Waals surface area contributed by atoms with Gasteiger partial charge in [0.25, 0.3) is 5.91 Å². The first kappa shape index (κ1) is 16.2. The van der Waals surface area contributed by atoms with Gasteiger partial charge in [-0.1, -0.05) is 0 Å². The smallest absolute Gasteiger partial charge is 0.251 e. The van der Waals surface area contributed by atoms with Crippen LogP contribution in [0, 0.1) is 0 Å². The van der Waals surface area contributed by atoms with Crippen LogP contribution in [-0.4, -0.2) is 66.5 Å². The maximum Gasteiger partial charge on any atom is 0.251 e. The van der Waals surface area contributed by atoms with Crippen molar-refractivity contribution in [1.82, 2.24) is 9.80 Å². The molecule has 2 N–H and O–H groups in total. The molecule has 0 saturated carbocycles. The third-order valence-electron chi connectivity index (χ3n) is 4.20. The average Bonchev–Trinajstić information content (AvgIpc) is 3.00. The third-order valence-corrected chi connectivity index (χ3v) is 4.20. The van der Waals surface area contributed by atoms with Gasteiger partial charge in [0.1, 0.15) is 6.10 Å². The molecule has 21 heavy (non-hydrogen) atoms. The van der Waals surface area contributed by atoms with Crippen molar-refractivity contribution in [3.63, 3.8) is 0 Å². The topological polar surface area (TPSA) is 75.9 Å². The fraction of sp³-hybridized carbons (Fsp3) is 0.867. The van der Waals surface area contributed by atoms with Gasteiger partial charge < -0.3 is 20.3 Å². The number of hydrogen-bond donors (Lipinski definition) is 1. The van der Waals surface area contributed by atoms with Crippen LogP contribution in [0.25, 0.3) is 0 Å². The number of rotatable bonds is 5. The molecule has 0 spiro atoms. The predicted octanol–water partition coefficient (Wildman–Crippen LogP) is 0.354. The molecule has 2 rings (SSSR count). The Labute approximate surface area is 126 Å². The standard InChI is InChI=1S/C15H27N3O3/c1-12(16)4-2-6-14(19)17-7-9-18(10-8-17)15(20)13-5-3-11-21-13/h12-13H,2-11,16H2,1H3. The van der Waals surface area contributed by atoms with E-state index in [2.05, 4.69) is 0 Å². The van der Waals surface area contributed by atoms with Crippen LogP contribution in [0.3, 0.4) is 0 Å². The Morgan fingerprint density at radius 3 is 2.48 bits per heavy atom. The second-order valence-electron chi connectivity index (χ2n) is 6.08. The van der Waals surface area contributed by atoms with Crippen molar-refractivity contribution < 1.29 is 14.3 Å². The Hall–Kier alpha value is -1.14. The van der Waals surface area contributed by atoms with Gasteiger partial charge in [-0.25, -0.2) is 0 Å². The minimum Gasteiger partial charge on any atom is -0.368 e. The summed E-state index contributed by atoms with van der Waals surface area (Å²) in [5, 5.41) is 0. The Balaban J connectivity index is 1.69. The number of carbonyl (C=O) groups is 2. The summed E-state index contributed by atoms with van der Waals surface area (Å²) in [6.07, 6.45) is 3.82. The molecule has 2 saturated heterocycles. The molecule has 2 atom stereocenters. The molecule has 2 fully saturated rings. The number of hydrogen-bond acceptors (Lipinski definition) is 4. The number of nitrogens with zero attached hydrogens (tertiary/aromatic N) is 2. The van der Waals surface area contributed by atoms with E-state index in [0.29, 0.717) is 39.2 Å². The van der Waals surface area contributed by atoms with Gasteiger partial charge in [-0.3, -0.25) is 9.59 Å². The van der Waals surface area contributed by atoms with Gasteiger partial charge >= 0.3 is 0 Å². The molecular weight excluding hydrogens is 270 g/mol. The highest BCUT2D eigenvalue weighted by Crippen LogP contribution is 2.16. The van der Waals surface area contributed by atoms with E-state index in [9.17, 15) is 9.59 Å². The van der Waals surface area contributed by atoms with Crippen LogP contribution in [-0.2, 0) is 14.3 Å². The van der Waals surface area contributed by atoms with Gasteiger partial charge in [0, 0.05) is 45.2 Å². The van der Waals surface area contributed by atoms with E-state index < -0.39 is 0 Å². The summed E-state index contributed by atoms with van der Waals surface area (Å²) >= 11 is 0. The van der Waals surface area contributed by atoms with Gasteiger partial charge in [0.05, 0.1) is 0 Å². The molecular formula is C15H27N3O3. The van der Waals surface area contributed by atoms with Crippen molar-refractivity contribution in [2.45, 2.75) is 51.2 Å². The van der Waals surface area contributed by atoms with Crippen molar-refractivity contribution in [2.24, 2.45) is 5.73 Å². The zero-order valence-corrected chi connectivity index (χ0v) is 12.9. The van der Waals surface area contributed by atoms with E-state index in [0.717, 1.165) is 25.7 Å². The van der Waals surface area contributed by atoms with E-state index in [4.69, 9.17) is 10.5 Å². The van der Waals surface area contributed by atoms with E-state index in [-0.39, 0.29) is 24.0 Å². The van der Waals surface area contributed by atoms with Gasteiger partial charge in [-0.15, -0.1) is 0 Å². The Morgan fingerprint density at radius 2 is 1.90 bits per heavy atom. The van der Waals surface area contributed by atoms with E-state index in [1.54, 1.807) is 0 Å². The highest BCUT2D eigenvalue weighted by molar-refractivity contribution is 5.82. The molecule has 2 aliphatic heterocycles. The predicted molar refractivity (Wildman–Crippen MR) is 79.6 cm³/mol. The molecule has 0 bridgehead atoms. The largest absolute Gasteiger partial charge is 0.368 e. The number of carbonyl (C=O) groups excluding carboxylic acids is 2. The lowest BCUT2D eigenvalue weighted by atomic mass is 10.1. The lowest BCUT2D eigenvalue weighted by Gasteiger charge is -2.35. The second kappa shape index (κ2) is 7.75. The lowest BCUT2D eigenvalue weighted by Crippen LogP contribution is -2.52. The van der Waals surface area contributed by atoms with Crippen LogP contribution in [0.15, 0.2) is 0 Å². The summed E-state index contributed by atoms with van der Waals surface area (Å²) in [7, 11) is 0. The molecule has 2 heterocycles. The second-order valence-corrected chi connectivity index (χ2v) is 6.08. The van der Waals surface area contributed by atoms with Gasteiger partial charge in [0.2, 0.25) is 5.91 Å². The summed E-state index contributed by atoms with van der Waals surface area (Å²) < 4.78 is 5.43. The molecule has 0 radical (unpaired) electrons. The number of amides is 2. The van der Waals surface area contributed by atoms with E-state index >= 15 is 0 Å². The van der Waals surface area contributed by atoms with E-state index in [1.807, 2.05) is 16.7 Å². The molecule has 0 aromatic carbocycles. The highest BCUT2D eigenvalue weighted by Gasteiger charge is 2.31. The van der Waals surface area contributed by atoms with Crippen molar-refractivity contribution in [2.75, 3.05) is 32.8 Å². The number of piperazine rings is 1. The SMILES string of the molecule is CC(N)CCCC(=O)N1CCN(C(=O)C2CCCO2)CC1. The fourth-order valence-corrected chi connectivity index (χ4v) is 2.89. The van der Waals surface area contributed by atoms with Crippen LogP contribution in [0.5, 0.6) is 0 Å². The monoisotopic (exact) mass is 297 g/mol. The highest BCUT2D eigenvalue weighted by atomic mass is 16.5. The lowest BCUT2D eigenvalue weighted by molar-refractivity contribution is -0.146. The molecule has 120 valence electrons. The molecule has 2 amide bonds. The summed E-state index contributed by atoms with van der Waals surface area (Å²) in [4.78, 5) is 28.0. The van der Waals surface area contributed by atoms with Crippen molar-refractivity contribution in [3.8, 4) is 0 Å². The van der Waals surface area contributed by atoms with Crippen molar-refractivity contribution >= 4 is 11.8 Å². The minimum absolute atomic E-state index is 0.0940.